The van der Waals surface area contributed by atoms with Crippen LogP contribution in [0.25, 0.3) is 0 Å². The van der Waals surface area contributed by atoms with E-state index in [1.165, 1.54) is 4.57 Å². The van der Waals surface area contributed by atoms with Crippen molar-refractivity contribution in [1.82, 2.24) is 9.55 Å². The highest BCUT2D eigenvalue weighted by Crippen LogP contribution is 2.11. The van der Waals surface area contributed by atoms with Gasteiger partial charge in [0.25, 0.3) is 5.56 Å². The van der Waals surface area contributed by atoms with Gasteiger partial charge in [-0.25, -0.2) is 4.79 Å². The number of nitrogens with one attached hydrogen (secondary N) is 2. The van der Waals surface area contributed by atoms with Crippen LogP contribution >= 0.6 is 0 Å². The second-order valence-electron chi connectivity index (χ2n) is 5.19. The topological polar surface area (TPSA) is 92.9 Å². The van der Waals surface area contributed by atoms with Crippen molar-refractivity contribution in [1.29, 1.82) is 0 Å². The van der Waals surface area contributed by atoms with Crippen molar-refractivity contribution in [3.8, 4) is 0 Å². The highest BCUT2D eigenvalue weighted by Gasteiger charge is 2.12. The number of H-pyrrole nitrogens is 1. The molecule has 0 amide bonds. The van der Waals surface area contributed by atoms with E-state index in [1.807, 2.05) is 33.8 Å². The summed E-state index contributed by atoms with van der Waals surface area (Å²) < 4.78 is 1.39. The molecule has 0 aliphatic rings. The third-order valence-electron chi connectivity index (χ3n) is 2.58. The summed E-state index contributed by atoms with van der Waals surface area (Å²) >= 11 is 0. The van der Waals surface area contributed by atoms with Crippen molar-refractivity contribution < 1.29 is 0 Å². The van der Waals surface area contributed by atoms with E-state index in [0.717, 1.165) is 5.57 Å². The molecule has 0 aromatic carbocycles. The molecule has 0 spiro atoms. The number of hydrogen-bond acceptors (Lipinski definition) is 4. The standard InChI is InChI=1S/C13H22N4O2/c1-8(2)5-6-15-10-11(14)17(7-9(3)4)13(19)16-12(10)18/h5,9,15H,6-7,14H2,1-4H3,(H,16,18,19). The van der Waals surface area contributed by atoms with E-state index in [0.29, 0.717) is 13.1 Å². The Bertz CT molecular complexity index is 577. The molecule has 0 unspecified atom stereocenters. The van der Waals surface area contributed by atoms with Gasteiger partial charge in [-0.3, -0.25) is 14.3 Å². The first-order valence-corrected chi connectivity index (χ1v) is 6.32. The Balaban J connectivity index is 3.14. The molecule has 6 nitrogen and oxygen atoms in total. The first kappa shape index (κ1) is 15.1. The third kappa shape index (κ3) is 4.01. The lowest BCUT2D eigenvalue weighted by atomic mass is 10.2. The Labute approximate surface area is 112 Å². The zero-order valence-electron chi connectivity index (χ0n) is 11.9. The fourth-order valence-electron chi connectivity index (χ4n) is 1.66. The second-order valence-corrected chi connectivity index (χ2v) is 5.19. The van der Waals surface area contributed by atoms with Crippen LogP contribution in [0.3, 0.4) is 0 Å². The summed E-state index contributed by atoms with van der Waals surface area (Å²) in [7, 11) is 0. The van der Waals surface area contributed by atoms with E-state index >= 15 is 0 Å². The molecule has 1 aromatic heterocycles. The molecule has 6 heteroatoms. The quantitative estimate of drug-likeness (QED) is 0.697. The van der Waals surface area contributed by atoms with Crippen LogP contribution in [0.4, 0.5) is 11.5 Å². The van der Waals surface area contributed by atoms with Gasteiger partial charge in [0.15, 0.2) is 0 Å². The number of rotatable bonds is 5. The molecular weight excluding hydrogens is 244 g/mol. The first-order valence-electron chi connectivity index (χ1n) is 6.32. The summed E-state index contributed by atoms with van der Waals surface area (Å²) in [5.74, 6) is 0.446. The first-order chi connectivity index (χ1) is 8.82. The molecule has 0 atom stereocenters. The molecule has 0 radical (unpaired) electrons. The van der Waals surface area contributed by atoms with Crippen LogP contribution < -0.4 is 22.3 Å². The van der Waals surface area contributed by atoms with Gasteiger partial charge in [0.1, 0.15) is 11.5 Å². The molecule has 0 saturated carbocycles. The van der Waals surface area contributed by atoms with Crippen LogP contribution in [-0.2, 0) is 6.54 Å². The van der Waals surface area contributed by atoms with Gasteiger partial charge in [-0.2, -0.15) is 0 Å². The molecular formula is C13H22N4O2. The van der Waals surface area contributed by atoms with Gasteiger partial charge in [0.2, 0.25) is 0 Å². The van der Waals surface area contributed by atoms with E-state index in [4.69, 9.17) is 5.73 Å². The second kappa shape index (κ2) is 6.26. The Kier molecular flexibility index (Phi) is 4.97. The Morgan fingerprint density at radius 2 is 2.05 bits per heavy atom. The molecule has 1 rings (SSSR count). The average molecular weight is 266 g/mol. The number of hydrogen-bond donors (Lipinski definition) is 3. The van der Waals surface area contributed by atoms with Gasteiger partial charge < -0.3 is 11.1 Å². The van der Waals surface area contributed by atoms with Gasteiger partial charge in [-0.15, -0.1) is 0 Å². The van der Waals surface area contributed by atoms with Crippen molar-refractivity contribution in [2.45, 2.75) is 34.2 Å². The minimum Gasteiger partial charge on any atom is -0.383 e. The zero-order chi connectivity index (χ0) is 14.6. The lowest BCUT2D eigenvalue weighted by Gasteiger charge is -2.14. The fraction of sp³-hybridized carbons (Fsp3) is 0.538. The molecule has 0 aliphatic carbocycles. The van der Waals surface area contributed by atoms with Gasteiger partial charge in [0.05, 0.1) is 0 Å². The fourth-order valence-corrected chi connectivity index (χ4v) is 1.66. The van der Waals surface area contributed by atoms with E-state index < -0.39 is 11.2 Å². The molecule has 19 heavy (non-hydrogen) atoms. The monoisotopic (exact) mass is 266 g/mol. The Morgan fingerprint density at radius 3 is 2.58 bits per heavy atom. The number of nitrogens with two attached hydrogens (primary N) is 1. The van der Waals surface area contributed by atoms with Crippen LogP contribution in [0.1, 0.15) is 27.7 Å². The Hall–Kier alpha value is -1.98. The van der Waals surface area contributed by atoms with Crippen LogP contribution in [0.5, 0.6) is 0 Å². The third-order valence-corrected chi connectivity index (χ3v) is 2.58. The van der Waals surface area contributed by atoms with Crippen molar-refractivity contribution >= 4 is 11.5 Å². The number of nitrogens with zero attached hydrogens (tertiary/aromatic N) is 1. The zero-order valence-corrected chi connectivity index (χ0v) is 11.9. The average Bonchev–Trinajstić information content (AvgIpc) is 2.28. The maximum Gasteiger partial charge on any atom is 0.330 e. The van der Waals surface area contributed by atoms with Crippen LogP contribution in [0.15, 0.2) is 21.2 Å². The SMILES string of the molecule is CC(C)=CCNc1c(N)n(CC(C)C)c(=O)[nH]c1=O. The summed E-state index contributed by atoms with van der Waals surface area (Å²) in [6, 6.07) is 0. The van der Waals surface area contributed by atoms with E-state index in [1.54, 1.807) is 0 Å². The van der Waals surface area contributed by atoms with Crippen molar-refractivity contribution in [3.63, 3.8) is 0 Å². The maximum absolute atomic E-state index is 11.7. The molecule has 1 heterocycles. The van der Waals surface area contributed by atoms with Crippen LogP contribution in [0, 0.1) is 5.92 Å². The molecule has 0 saturated heterocycles. The van der Waals surface area contributed by atoms with Gasteiger partial charge in [0, 0.05) is 13.1 Å². The number of aromatic amines is 1. The minimum absolute atomic E-state index is 0.185. The van der Waals surface area contributed by atoms with Gasteiger partial charge in [-0.1, -0.05) is 25.5 Å². The molecule has 0 fully saturated rings. The highest BCUT2D eigenvalue weighted by molar-refractivity contribution is 5.60. The number of nitrogen functional groups attached to an aromatic ring is 1. The minimum atomic E-state index is -0.482. The van der Waals surface area contributed by atoms with Crippen molar-refractivity contribution in [3.05, 3.63) is 32.5 Å². The number of aromatic nitrogens is 2. The number of anilines is 2. The van der Waals surface area contributed by atoms with E-state index in [9.17, 15) is 9.59 Å². The van der Waals surface area contributed by atoms with Gasteiger partial charge in [-0.05, 0) is 19.8 Å². The van der Waals surface area contributed by atoms with Crippen LogP contribution in [0.2, 0.25) is 0 Å². The predicted octanol–water partition coefficient (Wildman–Crippen LogP) is 1.15. The summed E-state index contributed by atoms with van der Waals surface area (Å²) in [4.78, 5) is 25.7. The van der Waals surface area contributed by atoms with E-state index in [-0.39, 0.29) is 17.4 Å². The summed E-state index contributed by atoms with van der Waals surface area (Å²) in [5, 5.41) is 2.95. The normalized spacial score (nSPS) is 10.6. The summed E-state index contributed by atoms with van der Waals surface area (Å²) in [6.07, 6.45) is 1.94. The molecule has 106 valence electrons. The summed E-state index contributed by atoms with van der Waals surface area (Å²) in [5.41, 5.74) is 6.34. The smallest absolute Gasteiger partial charge is 0.330 e. The molecule has 0 aliphatic heterocycles. The molecule has 1 aromatic rings. The largest absolute Gasteiger partial charge is 0.383 e. The molecule has 0 bridgehead atoms. The van der Waals surface area contributed by atoms with Crippen molar-refractivity contribution in [2.75, 3.05) is 17.6 Å². The van der Waals surface area contributed by atoms with E-state index in [2.05, 4.69) is 10.3 Å². The highest BCUT2D eigenvalue weighted by atomic mass is 16.2. The predicted molar refractivity (Wildman–Crippen MR) is 78.5 cm³/mol. The summed E-state index contributed by atoms with van der Waals surface area (Å²) in [6.45, 7) is 8.86. The molecule has 4 N–H and O–H groups in total. The van der Waals surface area contributed by atoms with Crippen molar-refractivity contribution in [2.24, 2.45) is 5.92 Å². The van der Waals surface area contributed by atoms with Gasteiger partial charge >= 0.3 is 5.69 Å². The maximum atomic E-state index is 11.7. The lowest BCUT2D eigenvalue weighted by molar-refractivity contribution is 0.508. The lowest BCUT2D eigenvalue weighted by Crippen LogP contribution is -2.35. The van der Waals surface area contributed by atoms with Crippen LogP contribution in [-0.4, -0.2) is 16.1 Å². The number of allylic oxidation sites excluding steroid dienone is 1. The Morgan fingerprint density at radius 1 is 1.42 bits per heavy atom.